The van der Waals surface area contributed by atoms with Gasteiger partial charge in [0.2, 0.25) is 0 Å². The van der Waals surface area contributed by atoms with Crippen LogP contribution in [0.2, 0.25) is 0 Å². The third-order valence-corrected chi connectivity index (χ3v) is 10.8. The number of hydrogen-bond donors (Lipinski definition) is 0. The predicted octanol–water partition coefficient (Wildman–Crippen LogP) is 11.8. The maximum absolute atomic E-state index is 6.72. The van der Waals surface area contributed by atoms with Gasteiger partial charge < -0.3 is 4.42 Å². The second kappa shape index (κ2) is 9.42. The zero-order valence-electron chi connectivity index (χ0n) is 27.0. The topological polar surface area (TPSA) is 43.9 Å². The summed E-state index contributed by atoms with van der Waals surface area (Å²) in [5, 5.41) is 7.01. The SMILES string of the molecule is CC1(C)c2ccccc2-c2ccc(-c3ccc4nc(-n5c6ccccc6c6c7ccccc7c7c8ccccc8oc7c65)ccc4n3)cc21. The summed E-state index contributed by atoms with van der Waals surface area (Å²) in [6.45, 7) is 4.63. The van der Waals surface area contributed by atoms with Crippen LogP contribution < -0.4 is 0 Å². The maximum atomic E-state index is 6.72. The molecule has 4 nitrogen and oxygen atoms in total. The molecule has 1 aliphatic rings. The maximum Gasteiger partial charge on any atom is 0.160 e. The van der Waals surface area contributed by atoms with Gasteiger partial charge in [-0.25, -0.2) is 9.97 Å². The number of pyridine rings is 2. The van der Waals surface area contributed by atoms with Crippen LogP contribution in [0.5, 0.6) is 0 Å². The van der Waals surface area contributed by atoms with Crippen LogP contribution in [0.4, 0.5) is 0 Å². The second-order valence-corrected chi connectivity index (χ2v) is 13.8. The molecule has 0 saturated carbocycles. The van der Waals surface area contributed by atoms with Gasteiger partial charge in [-0.1, -0.05) is 111 Å². The van der Waals surface area contributed by atoms with E-state index >= 15 is 0 Å². The highest BCUT2D eigenvalue weighted by Crippen LogP contribution is 2.50. The van der Waals surface area contributed by atoms with Crippen molar-refractivity contribution in [3.8, 4) is 28.2 Å². The monoisotopic (exact) mass is 627 g/mol. The highest BCUT2D eigenvalue weighted by molar-refractivity contribution is 6.35. The lowest BCUT2D eigenvalue weighted by atomic mass is 9.82. The molecule has 4 aromatic heterocycles. The summed E-state index contributed by atoms with van der Waals surface area (Å²) in [5.74, 6) is 0.835. The predicted molar refractivity (Wildman–Crippen MR) is 202 cm³/mol. The van der Waals surface area contributed by atoms with Gasteiger partial charge in [0.15, 0.2) is 5.58 Å². The van der Waals surface area contributed by atoms with Crippen LogP contribution in [0, 0.1) is 0 Å². The summed E-state index contributed by atoms with van der Waals surface area (Å²) in [7, 11) is 0. The van der Waals surface area contributed by atoms with E-state index in [0.29, 0.717) is 0 Å². The van der Waals surface area contributed by atoms with Crippen LogP contribution >= 0.6 is 0 Å². The lowest BCUT2D eigenvalue weighted by molar-refractivity contribution is 0.660. The van der Waals surface area contributed by atoms with Crippen molar-refractivity contribution < 1.29 is 4.42 Å². The summed E-state index contributed by atoms with van der Waals surface area (Å²) in [6, 6.07) is 49.6. The molecule has 0 unspecified atom stereocenters. The second-order valence-electron chi connectivity index (χ2n) is 13.8. The number of rotatable bonds is 2. The van der Waals surface area contributed by atoms with E-state index in [4.69, 9.17) is 14.4 Å². The van der Waals surface area contributed by atoms with Gasteiger partial charge in [-0.05, 0) is 75.5 Å². The number of furan rings is 1. The Kier molecular flexibility index (Phi) is 5.15. The van der Waals surface area contributed by atoms with Gasteiger partial charge in [0.25, 0.3) is 0 Å². The molecule has 4 heteroatoms. The Morgan fingerprint density at radius 2 is 1.22 bits per heavy atom. The molecule has 0 spiro atoms. The number of fused-ring (bicyclic) bond motifs is 14. The molecule has 230 valence electrons. The fourth-order valence-corrected chi connectivity index (χ4v) is 8.51. The molecule has 10 aromatic rings. The third kappa shape index (κ3) is 3.53. The molecule has 11 rings (SSSR count). The van der Waals surface area contributed by atoms with Crippen molar-refractivity contribution in [1.29, 1.82) is 0 Å². The standard InChI is InChI=1S/C45H29N3O/c1-45(2)33-16-8-5-11-27(33)28-20-19-26(25-34(28)45)35-21-22-37-36(46-35)23-24-40(47-37)48-38-17-9-6-14-31(38)41-29-12-3-4-13-30(29)42-32-15-7-10-18-39(32)49-44(42)43(41)48/h3-25H,1-2H3. The summed E-state index contributed by atoms with van der Waals surface area (Å²) < 4.78 is 9.00. The molecule has 0 fully saturated rings. The number of aromatic nitrogens is 3. The van der Waals surface area contributed by atoms with Gasteiger partial charge in [0.1, 0.15) is 11.4 Å². The molecule has 0 saturated heterocycles. The number of hydrogen-bond acceptors (Lipinski definition) is 3. The van der Waals surface area contributed by atoms with Gasteiger partial charge in [-0.3, -0.25) is 4.57 Å². The molecule has 49 heavy (non-hydrogen) atoms. The van der Waals surface area contributed by atoms with Crippen LogP contribution in [-0.2, 0) is 5.41 Å². The smallest absolute Gasteiger partial charge is 0.160 e. The van der Waals surface area contributed by atoms with Gasteiger partial charge in [-0.15, -0.1) is 0 Å². The molecule has 4 heterocycles. The molecular formula is C45H29N3O. The zero-order chi connectivity index (χ0) is 32.4. The van der Waals surface area contributed by atoms with Crippen LogP contribution in [0.1, 0.15) is 25.0 Å². The fraction of sp³-hybridized carbons (Fsp3) is 0.0667. The highest BCUT2D eigenvalue weighted by Gasteiger charge is 2.35. The molecule has 0 atom stereocenters. The molecule has 0 radical (unpaired) electrons. The van der Waals surface area contributed by atoms with E-state index in [-0.39, 0.29) is 5.41 Å². The van der Waals surface area contributed by atoms with E-state index in [1.54, 1.807) is 0 Å². The summed E-state index contributed by atoms with van der Waals surface area (Å²) in [5.41, 5.74) is 13.0. The van der Waals surface area contributed by atoms with Crippen molar-refractivity contribution in [3.63, 3.8) is 0 Å². The minimum atomic E-state index is -0.0614. The average molecular weight is 628 g/mol. The fourth-order valence-electron chi connectivity index (χ4n) is 8.51. The minimum absolute atomic E-state index is 0.0614. The first-order valence-electron chi connectivity index (χ1n) is 16.8. The van der Waals surface area contributed by atoms with Crippen molar-refractivity contribution in [2.24, 2.45) is 0 Å². The largest absolute Gasteiger partial charge is 0.454 e. The van der Waals surface area contributed by atoms with Gasteiger partial charge in [0, 0.05) is 32.5 Å². The van der Waals surface area contributed by atoms with Gasteiger partial charge in [-0.2, -0.15) is 0 Å². The van der Waals surface area contributed by atoms with Crippen molar-refractivity contribution in [1.82, 2.24) is 14.5 Å². The van der Waals surface area contributed by atoms with E-state index in [2.05, 4.69) is 152 Å². The van der Waals surface area contributed by atoms with Crippen molar-refractivity contribution in [2.75, 3.05) is 0 Å². The summed E-state index contributed by atoms with van der Waals surface area (Å²) in [6.07, 6.45) is 0. The Labute approximate surface area is 281 Å². The lowest BCUT2D eigenvalue weighted by Crippen LogP contribution is -2.14. The Morgan fingerprint density at radius 1 is 0.551 bits per heavy atom. The molecule has 0 aliphatic heterocycles. The number of benzene rings is 6. The first-order chi connectivity index (χ1) is 24.1. The Bertz CT molecular complexity index is 3030. The first-order valence-corrected chi connectivity index (χ1v) is 16.8. The third-order valence-electron chi connectivity index (χ3n) is 10.8. The number of para-hydroxylation sites is 2. The molecule has 0 bridgehead atoms. The van der Waals surface area contributed by atoms with E-state index in [1.807, 2.05) is 6.07 Å². The summed E-state index contributed by atoms with van der Waals surface area (Å²) in [4.78, 5) is 10.4. The Morgan fingerprint density at radius 3 is 2.10 bits per heavy atom. The van der Waals surface area contributed by atoms with Crippen LogP contribution in [0.15, 0.2) is 144 Å². The van der Waals surface area contributed by atoms with Crippen molar-refractivity contribution in [3.05, 3.63) is 151 Å². The van der Waals surface area contributed by atoms with Crippen molar-refractivity contribution >= 4 is 65.6 Å². The zero-order valence-corrected chi connectivity index (χ0v) is 27.0. The molecule has 0 amide bonds. The lowest BCUT2D eigenvalue weighted by Gasteiger charge is -2.21. The van der Waals surface area contributed by atoms with Crippen LogP contribution in [0.3, 0.4) is 0 Å². The Balaban J connectivity index is 1.12. The van der Waals surface area contributed by atoms with E-state index in [0.717, 1.165) is 61.1 Å². The quantitative estimate of drug-likeness (QED) is 0.192. The molecule has 0 N–H and O–H groups in total. The molecular weight excluding hydrogens is 599 g/mol. The first kappa shape index (κ1) is 26.8. The van der Waals surface area contributed by atoms with E-state index in [9.17, 15) is 0 Å². The summed E-state index contributed by atoms with van der Waals surface area (Å²) >= 11 is 0. The number of nitrogens with zero attached hydrogens (tertiary/aromatic N) is 3. The van der Waals surface area contributed by atoms with E-state index < -0.39 is 0 Å². The van der Waals surface area contributed by atoms with E-state index in [1.165, 1.54) is 43.8 Å². The minimum Gasteiger partial charge on any atom is -0.454 e. The van der Waals surface area contributed by atoms with Crippen LogP contribution in [-0.4, -0.2) is 14.5 Å². The van der Waals surface area contributed by atoms with Gasteiger partial charge >= 0.3 is 0 Å². The highest BCUT2D eigenvalue weighted by atomic mass is 16.3. The molecule has 6 aromatic carbocycles. The van der Waals surface area contributed by atoms with Crippen molar-refractivity contribution in [2.45, 2.75) is 19.3 Å². The van der Waals surface area contributed by atoms with Gasteiger partial charge in [0.05, 0.1) is 27.8 Å². The van der Waals surface area contributed by atoms with Crippen LogP contribution in [0.25, 0.3) is 93.8 Å². The normalized spacial score (nSPS) is 13.7. The molecule has 1 aliphatic carbocycles. The average Bonchev–Trinajstić information content (AvgIpc) is 3.78. The Hall–Kier alpha value is -6.26.